The topological polar surface area (TPSA) is 65.4 Å². The third-order valence-corrected chi connectivity index (χ3v) is 4.43. The molecule has 2 aromatic carbocycles. The molecule has 1 N–H and O–H groups in total. The predicted molar refractivity (Wildman–Crippen MR) is 106 cm³/mol. The van der Waals surface area contributed by atoms with Crippen molar-refractivity contribution in [3.8, 4) is 17.2 Å². The van der Waals surface area contributed by atoms with Gasteiger partial charge in [0.2, 0.25) is 0 Å². The maximum absolute atomic E-state index is 14.0. The quantitative estimate of drug-likeness (QED) is 0.493. The summed E-state index contributed by atoms with van der Waals surface area (Å²) in [4.78, 5) is 12.5. The molecule has 0 spiro atoms. The molecule has 0 atom stereocenters. The van der Waals surface area contributed by atoms with Crippen molar-refractivity contribution in [3.63, 3.8) is 0 Å². The highest BCUT2D eigenvalue weighted by Crippen LogP contribution is 2.30. The second-order valence-corrected chi connectivity index (χ2v) is 6.51. The Bertz CT molecular complexity index is 1140. The van der Waals surface area contributed by atoms with E-state index in [4.69, 9.17) is 16.3 Å². The first kappa shape index (κ1) is 22.4. The number of benzene rings is 2. The summed E-state index contributed by atoms with van der Waals surface area (Å²) in [5.41, 5.74) is -0.283. The summed E-state index contributed by atoms with van der Waals surface area (Å²) in [5.74, 6) is -1.74. The van der Waals surface area contributed by atoms with Crippen LogP contribution in [0.3, 0.4) is 0 Å². The number of anilines is 1. The molecule has 0 saturated carbocycles. The van der Waals surface area contributed by atoms with Gasteiger partial charge in [0.25, 0.3) is 5.56 Å². The van der Waals surface area contributed by atoms with Gasteiger partial charge >= 0.3 is 6.61 Å². The van der Waals surface area contributed by atoms with Crippen molar-refractivity contribution in [2.75, 3.05) is 11.9 Å². The lowest BCUT2D eigenvalue weighted by molar-refractivity contribution is -0.0514. The number of halogens is 5. The minimum atomic E-state index is -2.99. The molecule has 0 aliphatic rings. The Labute approximate surface area is 179 Å². The molecule has 0 aliphatic heterocycles. The number of aromatic nitrogens is 2. The molecule has 3 aromatic rings. The van der Waals surface area contributed by atoms with E-state index in [2.05, 4.69) is 15.2 Å². The van der Waals surface area contributed by atoms with Gasteiger partial charge in [0.1, 0.15) is 16.5 Å². The zero-order valence-corrected chi connectivity index (χ0v) is 16.8. The fourth-order valence-corrected chi connectivity index (χ4v) is 2.90. The highest BCUT2D eigenvalue weighted by atomic mass is 35.5. The number of hydrogen-bond donors (Lipinski definition) is 1. The maximum Gasteiger partial charge on any atom is 0.387 e. The van der Waals surface area contributed by atoms with Crippen LogP contribution in [0.5, 0.6) is 11.5 Å². The Morgan fingerprint density at radius 2 is 1.94 bits per heavy atom. The molecule has 0 radical (unpaired) electrons. The molecule has 0 amide bonds. The van der Waals surface area contributed by atoms with Gasteiger partial charge in [-0.1, -0.05) is 17.7 Å². The molecule has 0 unspecified atom stereocenters. The van der Waals surface area contributed by atoms with Gasteiger partial charge in [0, 0.05) is 12.6 Å². The normalized spacial score (nSPS) is 10.9. The Balaban J connectivity index is 1.81. The molecule has 0 aliphatic carbocycles. The lowest BCUT2D eigenvalue weighted by Crippen LogP contribution is -2.23. The van der Waals surface area contributed by atoms with Crippen molar-refractivity contribution in [2.45, 2.75) is 20.1 Å². The minimum absolute atomic E-state index is 0.107. The van der Waals surface area contributed by atoms with E-state index in [9.17, 15) is 22.4 Å². The molecule has 0 saturated heterocycles. The predicted octanol–water partition coefficient (Wildman–Crippen LogP) is 4.78. The molecular formula is C20H16ClF4N3O3. The second kappa shape index (κ2) is 9.69. The summed E-state index contributed by atoms with van der Waals surface area (Å²) < 4.78 is 62.5. The van der Waals surface area contributed by atoms with Crippen LogP contribution in [0, 0.1) is 11.6 Å². The van der Waals surface area contributed by atoms with Crippen LogP contribution in [-0.2, 0) is 6.54 Å². The first-order chi connectivity index (χ1) is 14.8. The van der Waals surface area contributed by atoms with Crippen LogP contribution < -0.4 is 20.3 Å². The van der Waals surface area contributed by atoms with Gasteiger partial charge in [-0.3, -0.25) is 4.79 Å². The zero-order valence-electron chi connectivity index (χ0n) is 16.0. The van der Waals surface area contributed by atoms with Crippen LogP contribution in [-0.4, -0.2) is 23.0 Å². The lowest BCUT2D eigenvalue weighted by atomic mass is 10.2. The monoisotopic (exact) mass is 457 g/mol. The van der Waals surface area contributed by atoms with Gasteiger partial charge in [-0.15, -0.1) is 0 Å². The Morgan fingerprint density at radius 3 is 2.61 bits per heavy atom. The minimum Gasteiger partial charge on any atom is -0.490 e. The van der Waals surface area contributed by atoms with Crippen LogP contribution >= 0.6 is 11.6 Å². The van der Waals surface area contributed by atoms with Gasteiger partial charge < -0.3 is 14.8 Å². The largest absolute Gasteiger partial charge is 0.490 e. The van der Waals surface area contributed by atoms with Gasteiger partial charge in [0.15, 0.2) is 17.3 Å². The fraction of sp³-hybridized carbons (Fsp3) is 0.200. The molecule has 6 nitrogen and oxygen atoms in total. The number of alkyl halides is 2. The summed E-state index contributed by atoms with van der Waals surface area (Å²) in [5, 5.41) is 6.51. The molecule has 3 rings (SSSR count). The molecule has 1 aromatic heterocycles. The highest BCUT2D eigenvalue weighted by Gasteiger charge is 2.15. The third-order valence-electron chi connectivity index (χ3n) is 4.06. The van der Waals surface area contributed by atoms with Crippen LogP contribution in [0.15, 0.2) is 47.4 Å². The number of nitrogens with zero attached hydrogens (tertiary/aromatic N) is 2. The molecule has 0 bridgehead atoms. The van der Waals surface area contributed by atoms with E-state index in [0.29, 0.717) is 16.3 Å². The third kappa shape index (κ3) is 5.26. The number of hydrogen-bond acceptors (Lipinski definition) is 5. The van der Waals surface area contributed by atoms with E-state index in [1.807, 2.05) is 0 Å². The van der Waals surface area contributed by atoms with E-state index < -0.39 is 23.8 Å². The van der Waals surface area contributed by atoms with Crippen molar-refractivity contribution < 1.29 is 27.0 Å². The molecular weight excluding hydrogens is 442 g/mol. The average Bonchev–Trinajstić information content (AvgIpc) is 2.71. The Kier molecular flexibility index (Phi) is 7.01. The standard InChI is InChI=1S/C20H16ClF4N3O3/c1-2-30-17-7-11(3-6-16(17)31-20(24)25)9-26-14-10-27-28(19(29)18(14)21)15-5-4-12(22)8-13(15)23/h3-8,10,20,26H,2,9H2,1H3. The zero-order chi connectivity index (χ0) is 22.5. The SMILES string of the molecule is CCOc1cc(CNc2cnn(-c3ccc(F)cc3F)c(=O)c2Cl)ccc1OC(F)F. The summed E-state index contributed by atoms with van der Waals surface area (Å²) in [6, 6.07) is 7.06. The summed E-state index contributed by atoms with van der Waals surface area (Å²) in [7, 11) is 0. The summed E-state index contributed by atoms with van der Waals surface area (Å²) in [6.07, 6.45) is 1.21. The number of ether oxygens (including phenoxy) is 2. The van der Waals surface area contributed by atoms with Crippen molar-refractivity contribution in [1.82, 2.24) is 9.78 Å². The average molecular weight is 458 g/mol. The highest BCUT2D eigenvalue weighted by molar-refractivity contribution is 6.32. The summed E-state index contributed by atoms with van der Waals surface area (Å²) >= 11 is 6.10. The van der Waals surface area contributed by atoms with Crippen LogP contribution in [0.4, 0.5) is 23.2 Å². The van der Waals surface area contributed by atoms with Crippen molar-refractivity contribution in [3.05, 3.63) is 75.2 Å². The molecule has 0 fully saturated rings. The van der Waals surface area contributed by atoms with Crippen LogP contribution in [0.1, 0.15) is 12.5 Å². The molecule has 164 valence electrons. The van der Waals surface area contributed by atoms with Crippen molar-refractivity contribution >= 4 is 17.3 Å². The Morgan fingerprint density at radius 1 is 1.16 bits per heavy atom. The van der Waals surface area contributed by atoms with Crippen molar-refractivity contribution in [2.24, 2.45) is 0 Å². The first-order valence-electron chi connectivity index (χ1n) is 8.97. The Hall–Kier alpha value is -3.27. The van der Waals surface area contributed by atoms with Crippen LogP contribution in [0.25, 0.3) is 5.69 Å². The number of rotatable bonds is 8. The van der Waals surface area contributed by atoms with Gasteiger partial charge in [-0.2, -0.15) is 18.6 Å². The molecule has 31 heavy (non-hydrogen) atoms. The van der Waals surface area contributed by atoms with Crippen molar-refractivity contribution in [1.29, 1.82) is 0 Å². The maximum atomic E-state index is 14.0. The molecule has 1 heterocycles. The van der Waals surface area contributed by atoms with E-state index in [-0.39, 0.29) is 41.0 Å². The van der Waals surface area contributed by atoms with E-state index in [0.717, 1.165) is 12.1 Å². The van der Waals surface area contributed by atoms with E-state index in [1.165, 1.54) is 24.4 Å². The lowest BCUT2D eigenvalue weighted by Gasteiger charge is -2.14. The number of nitrogens with one attached hydrogen (secondary N) is 1. The van der Waals surface area contributed by atoms with E-state index >= 15 is 0 Å². The van der Waals surface area contributed by atoms with Crippen LogP contribution in [0.2, 0.25) is 5.02 Å². The van der Waals surface area contributed by atoms with Gasteiger partial charge in [0.05, 0.1) is 18.5 Å². The van der Waals surface area contributed by atoms with E-state index in [1.54, 1.807) is 6.92 Å². The van der Waals surface area contributed by atoms with Gasteiger partial charge in [-0.25, -0.2) is 8.78 Å². The smallest absolute Gasteiger partial charge is 0.387 e. The first-order valence-corrected chi connectivity index (χ1v) is 9.35. The molecule has 11 heteroatoms. The fourth-order valence-electron chi connectivity index (χ4n) is 2.70. The van der Waals surface area contributed by atoms with Gasteiger partial charge in [-0.05, 0) is 36.8 Å². The summed E-state index contributed by atoms with van der Waals surface area (Å²) in [6.45, 7) is -0.915. The second-order valence-electron chi connectivity index (χ2n) is 6.13.